The number of pyridine rings is 1. The monoisotopic (exact) mass is 247 g/mol. The van der Waals surface area contributed by atoms with Crippen LogP contribution in [0.1, 0.15) is 25.1 Å². The smallest absolute Gasteiger partial charge is 0.245 e. The van der Waals surface area contributed by atoms with Crippen LogP contribution in [0.2, 0.25) is 0 Å². The maximum atomic E-state index is 12.0. The Kier molecular flexibility index (Phi) is 3.32. The van der Waals surface area contributed by atoms with Gasteiger partial charge in [0, 0.05) is 18.4 Å². The average Bonchev–Trinajstić information content (AvgIpc) is 2.34. The summed E-state index contributed by atoms with van der Waals surface area (Å²) in [6.07, 6.45) is 1.74. The van der Waals surface area contributed by atoms with Crippen molar-refractivity contribution in [2.75, 3.05) is 0 Å². The van der Waals surface area contributed by atoms with Gasteiger partial charge in [0.05, 0.1) is 0 Å². The van der Waals surface area contributed by atoms with Gasteiger partial charge in [-0.25, -0.2) is 0 Å². The molecule has 1 fully saturated rings. The third-order valence-corrected chi connectivity index (χ3v) is 3.18. The molecule has 0 spiro atoms. The van der Waals surface area contributed by atoms with E-state index < -0.39 is 12.1 Å². The first-order valence-electron chi connectivity index (χ1n) is 6.01. The van der Waals surface area contributed by atoms with Crippen molar-refractivity contribution >= 4 is 11.8 Å². The van der Waals surface area contributed by atoms with Gasteiger partial charge in [0.1, 0.15) is 12.1 Å². The van der Waals surface area contributed by atoms with Gasteiger partial charge in [-0.05, 0) is 32.4 Å². The summed E-state index contributed by atoms with van der Waals surface area (Å²) < 4.78 is 0. The molecule has 96 valence electrons. The summed E-state index contributed by atoms with van der Waals surface area (Å²) in [5.74, 6) is -0.162. The molecule has 0 saturated carbocycles. The Morgan fingerprint density at radius 3 is 2.67 bits per heavy atom. The minimum absolute atomic E-state index is 0.0531. The highest BCUT2D eigenvalue weighted by molar-refractivity contribution is 5.96. The summed E-state index contributed by atoms with van der Waals surface area (Å²) in [6, 6.07) is 2.94. The maximum absolute atomic E-state index is 12.0. The molecule has 0 aliphatic carbocycles. The van der Waals surface area contributed by atoms with Crippen molar-refractivity contribution in [2.45, 2.75) is 39.4 Å². The van der Waals surface area contributed by atoms with Crippen LogP contribution in [0, 0.1) is 6.92 Å². The molecule has 1 aromatic heterocycles. The van der Waals surface area contributed by atoms with Crippen LogP contribution in [-0.2, 0) is 16.1 Å². The van der Waals surface area contributed by atoms with E-state index in [1.165, 1.54) is 0 Å². The van der Waals surface area contributed by atoms with E-state index >= 15 is 0 Å². The van der Waals surface area contributed by atoms with Gasteiger partial charge in [-0.3, -0.25) is 14.6 Å². The second-order valence-corrected chi connectivity index (χ2v) is 4.68. The molecule has 5 heteroatoms. The van der Waals surface area contributed by atoms with Crippen LogP contribution < -0.4 is 5.32 Å². The lowest BCUT2D eigenvalue weighted by Crippen LogP contribution is -2.60. The van der Waals surface area contributed by atoms with E-state index in [9.17, 15) is 9.59 Å². The lowest BCUT2D eigenvalue weighted by atomic mass is 10.1. The van der Waals surface area contributed by atoms with E-state index in [2.05, 4.69) is 10.3 Å². The Balaban J connectivity index is 2.17. The highest BCUT2D eigenvalue weighted by atomic mass is 16.2. The number of hydrogen-bond donors (Lipinski definition) is 1. The zero-order valence-electron chi connectivity index (χ0n) is 10.8. The average molecular weight is 247 g/mol. The summed E-state index contributed by atoms with van der Waals surface area (Å²) in [4.78, 5) is 29.5. The second-order valence-electron chi connectivity index (χ2n) is 4.68. The molecule has 18 heavy (non-hydrogen) atoms. The molecule has 2 heterocycles. The van der Waals surface area contributed by atoms with Crippen molar-refractivity contribution in [1.82, 2.24) is 15.2 Å². The van der Waals surface area contributed by atoms with E-state index in [0.717, 1.165) is 11.3 Å². The van der Waals surface area contributed by atoms with E-state index in [-0.39, 0.29) is 11.8 Å². The van der Waals surface area contributed by atoms with E-state index in [1.807, 2.05) is 19.1 Å². The number of nitrogens with one attached hydrogen (secondary N) is 1. The quantitative estimate of drug-likeness (QED) is 0.833. The van der Waals surface area contributed by atoms with Crippen molar-refractivity contribution < 1.29 is 9.59 Å². The molecule has 5 nitrogen and oxygen atoms in total. The molecule has 1 aromatic rings. The Hall–Kier alpha value is -1.91. The van der Waals surface area contributed by atoms with Gasteiger partial charge < -0.3 is 10.2 Å². The van der Waals surface area contributed by atoms with E-state index in [4.69, 9.17) is 0 Å². The fourth-order valence-corrected chi connectivity index (χ4v) is 1.98. The zero-order chi connectivity index (χ0) is 13.3. The van der Waals surface area contributed by atoms with Crippen LogP contribution in [-0.4, -0.2) is 33.8 Å². The lowest BCUT2D eigenvalue weighted by molar-refractivity contribution is -0.148. The van der Waals surface area contributed by atoms with E-state index in [0.29, 0.717) is 6.54 Å². The molecular weight excluding hydrogens is 230 g/mol. The second kappa shape index (κ2) is 4.76. The number of amides is 2. The molecule has 0 radical (unpaired) electrons. The predicted molar refractivity (Wildman–Crippen MR) is 66.6 cm³/mol. The third kappa shape index (κ3) is 2.34. The minimum atomic E-state index is -0.452. The molecule has 2 rings (SSSR count). The summed E-state index contributed by atoms with van der Waals surface area (Å²) >= 11 is 0. The number of nitrogens with zero attached hydrogens (tertiary/aromatic N) is 2. The number of aromatic nitrogens is 1. The number of piperazine rings is 1. The number of carbonyl (C=O) groups is 2. The molecular formula is C13H17N3O2. The van der Waals surface area contributed by atoms with Crippen molar-refractivity contribution in [3.8, 4) is 0 Å². The van der Waals surface area contributed by atoms with Crippen molar-refractivity contribution in [2.24, 2.45) is 0 Å². The van der Waals surface area contributed by atoms with Gasteiger partial charge in [0.25, 0.3) is 0 Å². The lowest BCUT2D eigenvalue weighted by Gasteiger charge is -2.36. The summed E-state index contributed by atoms with van der Waals surface area (Å²) in [5, 5.41) is 2.66. The van der Waals surface area contributed by atoms with Crippen LogP contribution in [0.4, 0.5) is 0 Å². The highest BCUT2D eigenvalue weighted by Gasteiger charge is 2.35. The molecule has 1 saturated heterocycles. The molecule has 2 atom stereocenters. The SMILES string of the molecule is Cc1ccc(CN2C(=O)C(C)NC(=O)C2C)cn1. The summed E-state index contributed by atoms with van der Waals surface area (Å²) in [7, 11) is 0. The number of rotatable bonds is 2. The first-order chi connectivity index (χ1) is 8.49. The Bertz CT molecular complexity index is 470. The van der Waals surface area contributed by atoms with Crippen LogP contribution in [0.15, 0.2) is 18.3 Å². The number of hydrogen-bond acceptors (Lipinski definition) is 3. The first-order valence-corrected chi connectivity index (χ1v) is 6.01. The van der Waals surface area contributed by atoms with Gasteiger partial charge in [-0.2, -0.15) is 0 Å². The van der Waals surface area contributed by atoms with Crippen molar-refractivity contribution in [1.29, 1.82) is 0 Å². The van der Waals surface area contributed by atoms with Crippen molar-refractivity contribution in [3.63, 3.8) is 0 Å². The molecule has 1 aliphatic rings. The van der Waals surface area contributed by atoms with Crippen LogP contribution in [0.3, 0.4) is 0 Å². The topological polar surface area (TPSA) is 62.3 Å². The van der Waals surface area contributed by atoms with Crippen LogP contribution in [0.25, 0.3) is 0 Å². The Morgan fingerprint density at radius 1 is 1.33 bits per heavy atom. The molecule has 2 amide bonds. The molecule has 0 aromatic carbocycles. The summed E-state index contributed by atoms with van der Waals surface area (Å²) in [5.41, 5.74) is 1.87. The standard InChI is InChI=1S/C13H17N3O2/c1-8-4-5-11(6-14-8)7-16-10(3)12(17)15-9(2)13(16)18/h4-6,9-10H,7H2,1-3H3,(H,15,17). The van der Waals surface area contributed by atoms with Crippen molar-refractivity contribution in [3.05, 3.63) is 29.6 Å². The van der Waals surface area contributed by atoms with Gasteiger partial charge >= 0.3 is 0 Å². The van der Waals surface area contributed by atoms with Gasteiger partial charge in [0.15, 0.2) is 0 Å². The fraction of sp³-hybridized carbons (Fsp3) is 0.462. The Morgan fingerprint density at radius 2 is 2.06 bits per heavy atom. The van der Waals surface area contributed by atoms with E-state index in [1.54, 1.807) is 24.9 Å². The predicted octanol–water partition coefficient (Wildman–Crippen LogP) is 0.625. The largest absolute Gasteiger partial charge is 0.343 e. The fourth-order valence-electron chi connectivity index (χ4n) is 1.98. The highest BCUT2D eigenvalue weighted by Crippen LogP contribution is 2.14. The maximum Gasteiger partial charge on any atom is 0.245 e. The molecule has 2 unspecified atom stereocenters. The normalized spacial score (nSPS) is 24.1. The van der Waals surface area contributed by atoms with Gasteiger partial charge in [-0.15, -0.1) is 0 Å². The Labute approximate surface area is 106 Å². The third-order valence-electron chi connectivity index (χ3n) is 3.18. The van der Waals surface area contributed by atoms with Gasteiger partial charge in [0.2, 0.25) is 11.8 Å². The summed E-state index contributed by atoms with van der Waals surface area (Å²) in [6.45, 7) is 5.77. The first kappa shape index (κ1) is 12.5. The minimum Gasteiger partial charge on any atom is -0.343 e. The van der Waals surface area contributed by atoms with Gasteiger partial charge in [-0.1, -0.05) is 6.07 Å². The number of aryl methyl sites for hydroxylation is 1. The van der Waals surface area contributed by atoms with Crippen LogP contribution >= 0.6 is 0 Å². The molecule has 1 N–H and O–H groups in total. The number of carbonyl (C=O) groups excluding carboxylic acids is 2. The molecule has 1 aliphatic heterocycles. The molecule has 0 bridgehead atoms. The zero-order valence-corrected chi connectivity index (χ0v) is 10.8. The van der Waals surface area contributed by atoms with Crippen LogP contribution in [0.5, 0.6) is 0 Å².